The Bertz CT molecular complexity index is 787. The Morgan fingerprint density at radius 3 is 2.61 bits per heavy atom. The molecule has 0 N–H and O–H groups in total. The Hall–Kier alpha value is -2.20. The lowest BCUT2D eigenvalue weighted by molar-refractivity contribution is -0.120. The van der Waals surface area contributed by atoms with Crippen LogP contribution < -0.4 is 4.90 Å². The van der Waals surface area contributed by atoms with E-state index in [1.807, 2.05) is 38.1 Å². The van der Waals surface area contributed by atoms with E-state index in [9.17, 15) is 4.79 Å². The van der Waals surface area contributed by atoms with Crippen molar-refractivity contribution in [3.8, 4) is 0 Å². The molecule has 2 aliphatic rings. The normalized spacial score (nSPS) is 19.8. The van der Waals surface area contributed by atoms with Crippen LogP contribution >= 0.6 is 12.2 Å². The molecule has 0 aromatic heterocycles. The van der Waals surface area contributed by atoms with Gasteiger partial charge in [-0.15, -0.1) is 0 Å². The fourth-order valence-corrected chi connectivity index (χ4v) is 3.88. The number of benzene rings is 2. The fourth-order valence-electron chi connectivity index (χ4n) is 3.50. The molecule has 4 rings (SSSR count). The summed E-state index contributed by atoms with van der Waals surface area (Å²) in [7, 11) is 0. The molecule has 0 saturated carbocycles. The van der Waals surface area contributed by atoms with Crippen LogP contribution in [0.2, 0.25) is 0 Å². The number of anilines is 1. The van der Waals surface area contributed by atoms with Crippen LogP contribution in [0.25, 0.3) is 0 Å². The molecule has 1 unspecified atom stereocenters. The van der Waals surface area contributed by atoms with E-state index in [0.29, 0.717) is 11.7 Å². The van der Waals surface area contributed by atoms with Gasteiger partial charge in [0.25, 0.3) is 5.91 Å². The minimum atomic E-state index is -0.169. The van der Waals surface area contributed by atoms with E-state index >= 15 is 0 Å². The predicted octanol–water partition coefficient (Wildman–Crippen LogP) is 3.36. The average Bonchev–Trinajstić information content (AvgIpc) is 2.79. The zero-order valence-electron chi connectivity index (χ0n) is 13.2. The van der Waals surface area contributed by atoms with Gasteiger partial charge in [0.05, 0.1) is 5.69 Å². The van der Waals surface area contributed by atoms with Gasteiger partial charge in [-0.2, -0.15) is 0 Å². The zero-order valence-corrected chi connectivity index (χ0v) is 14.1. The molecule has 0 aliphatic carbocycles. The summed E-state index contributed by atoms with van der Waals surface area (Å²) < 4.78 is 0. The van der Waals surface area contributed by atoms with Crippen molar-refractivity contribution in [2.45, 2.75) is 32.9 Å². The molecule has 23 heavy (non-hydrogen) atoms. The minimum absolute atomic E-state index is 0.0956. The molecular formula is C19H18N2OS. The first-order valence-electron chi connectivity index (χ1n) is 7.85. The van der Waals surface area contributed by atoms with Crippen LogP contribution in [0.3, 0.4) is 0 Å². The number of amides is 1. The maximum Gasteiger partial charge on any atom is 0.256 e. The van der Waals surface area contributed by atoms with Gasteiger partial charge in [-0.3, -0.25) is 9.69 Å². The number of carbonyl (C=O) groups is 1. The molecule has 1 amide bonds. The summed E-state index contributed by atoms with van der Waals surface area (Å²) in [4.78, 5) is 16.8. The Morgan fingerprint density at radius 2 is 1.83 bits per heavy atom. The van der Waals surface area contributed by atoms with Gasteiger partial charge in [0, 0.05) is 13.0 Å². The highest BCUT2D eigenvalue weighted by Crippen LogP contribution is 2.34. The van der Waals surface area contributed by atoms with Gasteiger partial charge in [-0.25, -0.2) is 0 Å². The lowest BCUT2D eigenvalue weighted by Crippen LogP contribution is -2.39. The molecule has 2 aromatic rings. The van der Waals surface area contributed by atoms with Crippen LogP contribution in [-0.2, 0) is 17.8 Å². The highest BCUT2D eigenvalue weighted by Gasteiger charge is 2.45. The smallest absolute Gasteiger partial charge is 0.256 e. The summed E-state index contributed by atoms with van der Waals surface area (Å²) >= 11 is 5.66. The zero-order chi connectivity index (χ0) is 16.1. The maximum absolute atomic E-state index is 13.0. The Labute approximate surface area is 141 Å². The van der Waals surface area contributed by atoms with Crippen molar-refractivity contribution in [1.29, 1.82) is 0 Å². The van der Waals surface area contributed by atoms with Crippen molar-refractivity contribution >= 4 is 28.9 Å². The molecule has 4 heteroatoms. The van der Waals surface area contributed by atoms with Crippen LogP contribution in [0, 0.1) is 13.8 Å². The first kappa shape index (κ1) is 14.4. The van der Waals surface area contributed by atoms with Crippen LogP contribution in [0.5, 0.6) is 0 Å². The van der Waals surface area contributed by atoms with Crippen molar-refractivity contribution < 1.29 is 4.79 Å². The van der Waals surface area contributed by atoms with Crippen molar-refractivity contribution in [3.63, 3.8) is 0 Å². The molecule has 3 nitrogen and oxygen atoms in total. The summed E-state index contributed by atoms with van der Waals surface area (Å²) in [5, 5.41) is 0.628. The van der Waals surface area contributed by atoms with Gasteiger partial charge < -0.3 is 4.90 Å². The van der Waals surface area contributed by atoms with E-state index in [4.69, 9.17) is 12.2 Å². The summed E-state index contributed by atoms with van der Waals surface area (Å²) in [6.45, 7) is 4.78. The second kappa shape index (κ2) is 5.17. The maximum atomic E-state index is 13.0. The molecule has 1 saturated heterocycles. The highest BCUT2D eigenvalue weighted by molar-refractivity contribution is 7.80. The number of thiocarbonyl (C=S) groups is 1. The number of nitrogens with zero attached hydrogens (tertiary/aromatic N) is 2. The number of fused-ring (bicyclic) bond motifs is 2. The Kier molecular flexibility index (Phi) is 3.23. The van der Waals surface area contributed by atoms with E-state index < -0.39 is 0 Å². The number of aryl methyl sites for hydroxylation is 2. The Morgan fingerprint density at radius 1 is 1.09 bits per heavy atom. The minimum Gasteiger partial charge on any atom is -0.332 e. The van der Waals surface area contributed by atoms with Crippen molar-refractivity contribution in [2.24, 2.45) is 0 Å². The summed E-state index contributed by atoms with van der Waals surface area (Å²) in [5.74, 6) is 0.0956. The number of rotatable bonds is 1. The largest absolute Gasteiger partial charge is 0.332 e. The molecule has 2 aromatic carbocycles. The van der Waals surface area contributed by atoms with Gasteiger partial charge in [-0.05, 0) is 54.4 Å². The molecule has 0 bridgehead atoms. The van der Waals surface area contributed by atoms with Crippen molar-refractivity contribution in [1.82, 2.24) is 4.90 Å². The van der Waals surface area contributed by atoms with Gasteiger partial charge >= 0.3 is 0 Å². The number of hydrogen-bond acceptors (Lipinski definition) is 2. The van der Waals surface area contributed by atoms with Crippen molar-refractivity contribution in [3.05, 3.63) is 64.7 Å². The van der Waals surface area contributed by atoms with Gasteiger partial charge in [0.2, 0.25) is 0 Å². The van der Waals surface area contributed by atoms with Crippen molar-refractivity contribution in [2.75, 3.05) is 4.90 Å². The highest BCUT2D eigenvalue weighted by atomic mass is 32.1. The summed E-state index contributed by atoms with van der Waals surface area (Å²) in [6.07, 6.45) is 0.733. The third-order valence-corrected chi connectivity index (χ3v) is 5.21. The quantitative estimate of drug-likeness (QED) is 0.752. The monoisotopic (exact) mass is 322 g/mol. The third-order valence-electron chi connectivity index (χ3n) is 4.80. The van der Waals surface area contributed by atoms with E-state index in [1.165, 1.54) is 11.1 Å². The predicted molar refractivity (Wildman–Crippen MR) is 95.5 cm³/mol. The number of hydrogen-bond donors (Lipinski definition) is 0. The van der Waals surface area contributed by atoms with E-state index in [-0.39, 0.29) is 11.9 Å². The first-order chi connectivity index (χ1) is 11.1. The molecule has 0 spiro atoms. The fraction of sp³-hybridized carbons (Fsp3) is 0.263. The second-order valence-corrected chi connectivity index (χ2v) is 6.73. The standard InChI is InChI=1S/C19H18N2OS/c1-12-7-8-13(2)16(9-12)21-18(22)17-10-14-5-3-4-6-15(14)11-20(17)19(21)23/h3-9,17H,10-11H2,1-2H3. The molecule has 116 valence electrons. The first-order valence-corrected chi connectivity index (χ1v) is 8.25. The van der Waals surface area contributed by atoms with Crippen LogP contribution in [-0.4, -0.2) is 22.0 Å². The van der Waals surface area contributed by atoms with Gasteiger partial charge in [-0.1, -0.05) is 36.4 Å². The molecule has 2 aliphatic heterocycles. The molecule has 1 fully saturated rings. The Balaban J connectivity index is 1.75. The lowest BCUT2D eigenvalue weighted by atomic mass is 9.95. The molecule has 2 heterocycles. The SMILES string of the molecule is Cc1ccc(C)c(N2C(=O)C3Cc4ccccc4CN3C2=S)c1. The van der Waals surface area contributed by atoms with E-state index in [1.54, 1.807) is 4.90 Å². The molecule has 0 radical (unpaired) electrons. The van der Waals surface area contributed by atoms with Crippen LogP contribution in [0.1, 0.15) is 22.3 Å². The summed E-state index contributed by atoms with van der Waals surface area (Å²) in [5.41, 5.74) is 5.64. The number of carbonyl (C=O) groups excluding carboxylic acids is 1. The van der Waals surface area contributed by atoms with Gasteiger partial charge in [0.15, 0.2) is 5.11 Å². The lowest BCUT2D eigenvalue weighted by Gasteiger charge is -2.30. The molecular weight excluding hydrogens is 304 g/mol. The van der Waals surface area contributed by atoms with E-state index in [0.717, 1.165) is 23.2 Å². The average molecular weight is 322 g/mol. The van der Waals surface area contributed by atoms with E-state index in [2.05, 4.69) is 23.1 Å². The topological polar surface area (TPSA) is 23.6 Å². The third kappa shape index (κ3) is 2.17. The second-order valence-electron chi connectivity index (χ2n) is 6.36. The van der Waals surface area contributed by atoms with Gasteiger partial charge in [0.1, 0.15) is 6.04 Å². The van der Waals surface area contributed by atoms with Crippen LogP contribution in [0.4, 0.5) is 5.69 Å². The summed E-state index contributed by atoms with van der Waals surface area (Å²) in [6, 6.07) is 14.3. The molecule has 1 atom stereocenters. The van der Waals surface area contributed by atoms with Crippen LogP contribution in [0.15, 0.2) is 42.5 Å².